The maximum absolute atomic E-state index is 13.5. The van der Waals surface area contributed by atoms with Crippen molar-refractivity contribution in [3.8, 4) is 0 Å². The molecular formula is C26H22FNO2S. The number of halogens is 1. The zero-order chi connectivity index (χ0) is 22.2. The Bertz CT molecular complexity index is 1160. The van der Waals surface area contributed by atoms with E-state index in [4.69, 9.17) is 0 Å². The number of anilines is 1. The first kappa shape index (κ1) is 21.1. The molecule has 2 amide bonds. The zero-order valence-corrected chi connectivity index (χ0v) is 18.4. The van der Waals surface area contributed by atoms with Crippen LogP contribution in [0.4, 0.5) is 10.1 Å². The topological polar surface area (TPSA) is 37.4 Å². The molecule has 0 atom stereocenters. The smallest absolute Gasteiger partial charge is 0.268 e. The van der Waals surface area contributed by atoms with E-state index < -0.39 is 11.7 Å². The summed E-state index contributed by atoms with van der Waals surface area (Å²) in [6.07, 6.45) is 0. The maximum atomic E-state index is 13.5. The van der Waals surface area contributed by atoms with Gasteiger partial charge in [-0.3, -0.25) is 9.59 Å². The SMILES string of the molecule is CC(C)(C)c1ccc(N2C(=O)C(Sc3ccccc3)=C(c3ccc(F)cc3)C2=O)cc1. The highest BCUT2D eigenvalue weighted by atomic mass is 32.2. The number of nitrogens with zero attached hydrogens (tertiary/aromatic N) is 1. The Morgan fingerprint density at radius 1 is 0.774 bits per heavy atom. The van der Waals surface area contributed by atoms with Gasteiger partial charge in [-0.05, 0) is 52.9 Å². The lowest BCUT2D eigenvalue weighted by Crippen LogP contribution is -2.31. The number of thioether (sulfide) groups is 1. The van der Waals surface area contributed by atoms with Gasteiger partial charge in [-0.2, -0.15) is 0 Å². The Balaban J connectivity index is 1.77. The van der Waals surface area contributed by atoms with E-state index in [0.29, 0.717) is 21.7 Å². The average Bonchev–Trinajstić information content (AvgIpc) is 2.98. The number of rotatable bonds is 4. The van der Waals surface area contributed by atoms with Crippen LogP contribution in [-0.4, -0.2) is 11.8 Å². The van der Waals surface area contributed by atoms with E-state index in [0.717, 1.165) is 10.5 Å². The van der Waals surface area contributed by atoms with Crippen LogP contribution in [0.1, 0.15) is 31.9 Å². The summed E-state index contributed by atoms with van der Waals surface area (Å²) in [5, 5.41) is 0. The lowest BCUT2D eigenvalue weighted by Gasteiger charge is -2.21. The van der Waals surface area contributed by atoms with Crippen LogP contribution in [0.15, 0.2) is 88.7 Å². The molecule has 0 fully saturated rings. The van der Waals surface area contributed by atoms with Gasteiger partial charge in [-0.15, -0.1) is 0 Å². The fourth-order valence-electron chi connectivity index (χ4n) is 3.43. The number of benzene rings is 3. The van der Waals surface area contributed by atoms with Gasteiger partial charge in [-0.1, -0.05) is 75.0 Å². The van der Waals surface area contributed by atoms with Crippen LogP contribution in [0.25, 0.3) is 5.57 Å². The zero-order valence-electron chi connectivity index (χ0n) is 17.6. The van der Waals surface area contributed by atoms with Crippen LogP contribution in [-0.2, 0) is 15.0 Å². The third-order valence-corrected chi connectivity index (χ3v) is 6.22. The van der Waals surface area contributed by atoms with Crippen LogP contribution >= 0.6 is 11.8 Å². The third kappa shape index (κ3) is 4.19. The molecule has 0 radical (unpaired) electrons. The Hall–Kier alpha value is -3.18. The van der Waals surface area contributed by atoms with Crippen molar-refractivity contribution >= 4 is 34.8 Å². The summed E-state index contributed by atoms with van der Waals surface area (Å²) in [5.74, 6) is -1.17. The molecule has 3 aromatic rings. The molecule has 31 heavy (non-hydrogen) atoms. The lowest BCUT2D eigenvalue weighted by atomic mass is 9.87. The van der Waals surface area contributed by atoms with Crippen molar-refractivity contribution in [2.75, 3.05) is 4.90 Å². The molecule has 1 aliphatic rings. The Morgan fingerprint density at radius 2 is 1.39 bits per heavy atom. The molecule has 1 heterocycles. The summed E-state index contributed by atoms with van der Waals surface area (Å²) >= 11 is 1.25. The molecule has 5 heteroatoms. The minimum atomic E-state index is -0.404. The second-order valence-corrected chi connectivity index (χ2v) is 9.45. The maximum Gasteiger partial charge on any atom is 0.272 e. The first-order valence-corrected chi connectivity index (χ1v) is 10.8. The third-order valence-electron chi connectivity index (χ3n) is 5.13. The van der Waals surface area contributed by atoms with Crippen molar-refractivity contribution in [2.45, 2.75) is 31.1 Å². The van der Waals surface area contributed by atoms with E-state index >= 15 is 0 Å². The van der Waals surface area contributed by atoms with Crippen LogP contribution < -0.4 is 4.90 Å². The van der Waals surface area contributed by atoms with E-state index in [1.54, 1.807) is 12.1 Å². The van der Waals surface area contributed by atoms with Gasteiger partial charge >= 0.3 is 0 Å². The van der Waals surface area contributed by atoms with E-state index in [-0.39, 0.29) is 11.3 Å². The molecule has 0 bridgehead atoms. The number of hydrogen-bond acceptors (Lipinski definition) is 3. The first-order chi connectivity index (χ1) is 14.8. The highest BCUT2D eigenvalue weighted by Crippen LogP contribution is 2.41. The number of carbonyl (C=O) groups excluding carboxylic acids is 2. The average molecular weight is 432 g/mol. The molecule has 3 aromatic carbocycles. The standard InChI is InChI=1S/C26H22FNO2S/c1-26(2,3)18-11-15-20(16-12-18)28-24(29)22(17-9-13-19(27)14-10-17)23(25(28)30)31-21-7-5-4-6-8-21/h4-16H,1-3H3. The summed E-state index contributed by atoms with van der Waals surface area (Å²) in [6.45, 7) is 6.32. The second-order valence-electron chi connectivity index (χ2n) is 8.37. The van der Waals surface area contributed by atoms with E-state index in [2.05, 4.69) is 20.8 Å². The fourth-order valence-corrected chi connectivity index (χ4v) is 4.44. The Labute approximate surface area is 185 Å². The summed E-state index contributed by atoms with van der Waals surface area (Å²) in [7, 11) is 0. The molecule has 0 unspecified atom stereocenters. The summed E-state index contributed by atoms with van der Waals surface area (Å²) in [6, 6.07) is 22.6. The molecule has 0 saturated carbocycles. The van der Waals surface area contributed by atoms with Gasteiger partial charge in [0.05, 0.1) is 16.2 Å². The van der Waals surface area contributed by atoms with Crippen LogP contribution in [0.2, 0.25) is 0 Å². The number of hydrogen-bond donors (Lipinski definition) is 0. The van der Waals surface area contributed by atoms with Crippen molar-refractivity contribution in [3.63, 3.8) is 0 Å². The van der Waals surface area contributed by atoms with E-state index in [1.165, 1.54) is 40.9 Å². The van der Waals surface area contributed by atoms with Gasteiger partial charge in [0.2, 0.25) is 0 Å². The van der Waals surface area contributed by atoms with Crippen LogP contribution in [0, 0.1) is 5.82 Å². The Kier molecular flexibility index (Phi) is 5.54. The predicted molar refractivity (Wildman–Crippen MR) is 123 cm³/mol. The van der Waals surface area contributed by atoms with Crippen molar-refractivity contribution in [1.29, 1.82) is 0 Å². The molecule has 0 saturated heterocycles. The van der Waals surface area contributed by atoms with E-state index in [9.17, 15) is 14.0 Å². The van der Waals surface area contributed by atoms with Gasteiger partial charge < -0.3 is 0 Å². The monoisotopic (exact) mass is 431 g/mol. The van der Waals surface area contributed by atoms with Crippen molar-refractivity contribution in [3.05, 3.63) is 101 Å². The highest BCUT2D eigenvalue weighted by Gasteiger charge is 2.40. The van der Waals surface area contributed by atoms with Gasteiger partial charge in [0.15, 0.2) is 0 Å². The van der Waals surface area contributed by atoms with Crippen LogP contribution in [0.5, 0.6) is 0 Å². The fraction of sp³-hybridized carbons (Fsp3) is 0.154. The Morgan fingerprint density at radius 3 is 1.97 bits per heavy atom. The molecule has 0 spiro atoms. The molecule has 3 nitrogen and oxygen atoms in total. The molecule has 0 aromatic heterocycles. The molecule has 0 aliphatic carbocycles. The van der Waals surface area contributed by atoms with Crippen molar-refractivity contribution in [1.82, 2.24) is 0 Å². The lowest BCUT2D eigenvalue weighted by molar-refractivity contribution is -0.119. The molecular weight excluding hydrogens is 409 g/mol. The minimum absolute atomic E-state index is 0.0383. The summed E-state index contributed by atoms with van der Waals surface area (Å²) in [5.41, 5.74) is 2.40. The predicted octanol–water partition coefficient (Wildman–Crippen LogP) is 6.20. The number of imide groups is 1. The van der Waals surface area contributed by atoms with Crippen molar-refractivity contribution < 1.29 is 14.0 Å². The normalized spacial score (nSPS) is 14.5. The van der Waals surface area contributed by atoms with Gasteiger partial charge in [-0.25, -0.2) is 9.29 Å². The van der Waals surface area contributed by atoms with Gasteiger partial charge in [0.25, 0.3) is 11.8 Å². The first-order valence-electron chi connectivity index (χ1n) is 9.98. The second kappa shape index (κ2) is 8.16. The molecule has 1 aliphatic heterocycles. The molecule has 0 N–H and O–H groups in total. The minimum Gasteiger partial charge on any atom is -0.268 e. The quantitative estimate of drug-likeness (QED) is 0.462. The number of amides is 2. The van der Waals surface area contributed by atoms with Gasteiger partial charge in [0, 0.05) is 4.90 Å². The van der Waals surface area contributed by atoms with E-state index in [1.807, 2.05) is 42.5 Å². The van der Waals surface area contributed by atoms with Crippen molar-refractivity contribution in [2.24, 2.45) is 0 Å². The summed E-state index contributed by atoms with van der Waals surface area (Å²) < 4.78 is 13.5. The highest BCUT2D eigenvalue weighted by molar-refractivity contribution is 8.04. The van der Waals surface area contributed by atoms with Gasteiger partial charge in [0.1, 0.15) is 5.82 Å². The molecule has 156 valence electrons. The molecule has 4 rings (SSSR count). The summed E-state index contributed by atoms with van der Waals surface area (Å²) in [4.78, 5) is 29.2. The number of carbonyl (C=O) groups is 2. The van der Waals surface area contributed by atoms with Crippen LogP contribution in [0.3, 0.4) is 0 Å². The largest absolute Gasteiger partial charge is 0.272 e.